The number of nitrogens with zero attached hydrogens (tertiary/aromatic N) is 4. The summed E-state index contributed by atoms with van der Waals surface area (Å²) < 4.78 is 16.3. The second-order valence-electron chi connectivity index (χ2n) is 10.7. The second kappa shape index (κ2) is 10.3. The van der Waals surface area contributed by atoms with Crippen LogP contribution in [-0.4, -0.2) is 68.7 Å². The van der Waals surface area contributed by atoms with Crippen LogP contribution in [0.25, 0.3) is 16.6 Å². The summed E-state index contributed by atoms with van der Waals surface area (Å²) in [6.45, 7) is 5.25. The molecule has 1 aromatic carbocycles. The molecule has 2 fully saturated rings. The molecule has 1 amide bonds. The third kappa shape index (κ3) is 4.55. The number of hydrogen-bond acceptors (Lipinski definition) is 4. The van der Waals surface area contributed by atoms with Crippen LogP contribution < -0.4 is 0 Å². The van der Waals surface area contributed by atoms with Crippen molar-refractivity contribution in [3.63, 3.8) is 0 Å². The van der Waals surface area contributed by atoms with Crippen LogP contribution >= 0.6 is 0 Å². The minimum atomic E-state index is -0.421. The zero-order valence-electron chi connectivity index (χ0n) is 21.5. The highest BCUT2D eigenvalue weighted by Crippen LogP contribution is 2.41. The quantitative estimate of drug-likeness (QED) is 0.518. The lowest BCUT2D eigenvalue weighted by atomic mass is 9.81. The number of pyridine rings is 1. The maximum Gasteiger partial charge on any atom is 0.256 e. The molecule has 1 aliphatic heterocycles. The van der Waals surface area contributed by atoms with Crippen molar-refractivity contribution < 1.29 is 14.3 Å². The van der Waals surface area contributed by atoms with Gasteiger partial charge in [0.05, 0.1) is 29.6 Å². The number of carbonyl (C=O) groups excluding carboxylic acids is 1. The molecular weight excluding hydrogens is 455 g/mol. The maximum atomic E-state index is 14.3. The van der Waals surface area contributed by atoms with Crippen molar-refractivity contribution in [3.8, 4) is 5.69 Å². The number of aromatic nitrogens is 2. The van der Waals surface area contributed by atoms with E-state index < -0.39 is 5.82 Å². The first-order valence-electron chi connectivity index (χ1n) is 13.3. The Bertz CT molecular complexity index is 1230. The van der Waals surface area contributed by atoms with Crippen LogP contribution in [0.3, 0.4) is 0 Å². The predicted molar refractivity (Wildman–Crippen MR) is 140 cm³/mol. The molecule has 1 aliphatic carbocycles. The first kappa shape index (κ1) is 24.9. The zero-order valence-corrected chi connectivity index (χ0v) is 21.5. The summed E-state index contributed by atoms with van der Waals surface area (Å²) in [5, 5.41) is 10.9. The topological polar surface area (TPSA) is 61.6 Å². The summed E-state index contributed by atoms with van der Waals surface area (Å²) in [4.78, 5) is 21.8. The van der Waals surface area contributed by atoms with E-state index >= 15 is 0 Å². The van der Waals surface area contributed by atoms with Crippen LogP contribution in [0.1, 0.15) is 74.2 Å². The standard InChI is InChI=1S/C29H37FN4O2/c1-19(2)32(3)29(36)25-15-21(30)8-11-27(25)34-17-26(24-12-13-31-16-28(24)34)20-6-9-22(10-7-20)33-14-4-5-23(33)18-35/h8,11-13,15-17,19-20,22-23,35H,4-7,9-10,14,18H2,1-3H3/t20-,22-,23-/m1/s1. The van der Waals surface area contributed by atoms with Crippen molar-refractivity contribution in [1.29, 1.82) is 0 Å². The SMILES string of the molecule is CC(C)N(C)C(=O)c1cc(F)ccc1-n1cc([C@H]2CC[C@H](N3CCC[C@@H]3CO)CC2)c2ccncc21. The van der Waals surface area contributed by atoms with Gasteiger partial charge in [0.15, 0.2) is 0 Å². The van der Waals surface area contributed by atoms with Gasteiger partial charge < -0.3 is 14.6 Å². The average Bonchev–Trinajstić information content (AvgIpc) is 3.53. The Balaban J connectivity index is 1.48. The van der Waals surface area contributed by atoms with Gasteiger partial charge in [0.25, 0.3) is 5.91 Å². The fourth-order valence-electron chi connectivity index (χ4n) is 6.19. The number of aliphatic hydroxyl groups is 1. The summed E-state index contributed by atoms with van der Waals surface area (Å²) in [7, 11) is 1.75. The van der Waals surface area contributed by atoms with Crippen LogP contribution in [0.5, 0.6) is 0 Å². The van der Waals surface area contributed by atoms with E-state index in [9.17, 15) is 14.3 Å². The third-order valence-electron chi connectivity index (χ3n) is 8.42. The van der Waals surface area contributed by atoms with Crippen LogP contribution in [-0.2, 0) is 0 Å². The van der Waals surface area contributed by atoms with Gasteiger partial charge in [-0.05, 0) is 94.7 Å². The number of benzene rings is 1. The number of carbonyl (C=O) groups is 1. The molecule has 1 atom stereocenters. The molecule has 1 N–H and O–H groups in total. The fraction of sp³-hybridized carbons (Fsp3) is 0.517. The molecular formula is C29H37FN4O2. The Hall–Kier alpha value is -2.77. The second-order valence-corrected chi connectivity index (χ2v) is 10.7. The molecule has 5 rings (SSSR count). The Morgan fingerprint density at radius 3 is 2.69 bits per heavy atom. The largest absolute Gasteiger partial charge is 0.395 e. The predicted octanol–water partition coefficient (Wildman–Crippen LogP) is 5.13. The van der Waals surface area contributed by atoms with Gasteiger partial charge >= 0.3 is 0 Å². The van der Waals surface area contributed by atoms with Crippen molar-refractivity contribution in [2.45, 2.75) is 76.4 Å². The monoisotopic (exact) mass is 492 g/mol. The van der Waals surface area contributed by atoms with Crippen molar-refractivity contribution in [2.75, 3.05) is 20.2 Å². The molecule has 3 aromatic rings. The van der Waals surface area contributed by atoms with E-state index in [2.05, 4.69) is 22.1 Å². The van der Waals surface area contributed by atoms with Crippen LogP contribution in [0, 0.1) is 5.82 Å². The van der Waals surface area contributed by atoms with Gasteiger partial charge in [-0.15, -0.1) is 0 Å². The molecule has 192 valence electrons. The number of likely N-dealkylation sites (tertiary alicyclic amines) is 1. The summed E-state index contributed by atoms with van der Waals surface area (Å²) >= 11 is 0. The number of hydrogen-bond donors (Lipinski definition) is 1. The van der Waals surface area contributed by atoms with E-state index in [4.69, 9.17) is 0 Å². The molecule has 0 spiro atoms. The summed E-state index contributed by atoms with van der Waals surface area (Å²) in [6, 6.07) is 7.39. The fourth-order valence-corrected chi connectivity index (χ4v) is 6.19. The van der Waals surface area contributed by atoms with Gasteiger partial charge in [0, 0.05) is 43.0 Å². The highest BCUT2D eigenvalue weighted by molar-refractivity contribution is 5.99. The highest BCUT2D eigenvalue weighted by Gasteiger charge is 2.34. The molecule has 0 radical (unpaired) electrons. The van der Waals surface area contributed by atoms with Gasteiger partial charge in [-0.3, -0.25) is 14.7 Å². The molecule has 0 unspecified atom stereocenters. The Kier molecular flexibility index (Phi) is 7.13. The minimum Gasteiger partial charge on any atom is -0.395 e. The molecule has 36 heavy (non-hydrogen) atoms. The van der Waals surface area contributed by atoms with Crippen molar-refractivity contribution in [2.24, 2.45) is 0 Å². The first-order chi connectivity index (χ1) is 17.4. The van der Waals surface area contributed by atoms with E-state index in [1.54, 1.807) is 18.0 Å². The third-order valence-corrected chi connectivity index (χ3v) is 8.42. The van der Waals surface area contributed by atoms with E-state index in [-0.39, 0.29) is 18.6 Å². The first-order valence-corrected chi connectivity index (χ1v) is 13.3. The van der Waals surface area contributed by atoms with E-state index in [1.165, 1.54) is 24.1 Å². The van der Waals surface area contributed by atoms with E-state index in [1.807, 2.05) is 30.8 Å². The molecule has 1 saturated heterocycles. The zero-order chi connectivity index (χ0) is 25.4. The van der Waals surface area contributed by atoms with Crippen molar-refractivity contribution >= 4 is 16.8 Å². The van der Waals surface area contributed by atoms with Crippen LogP contribution in [0.15, 0.2) is 42.9 Å². The molecule has 3 heterocycles. The lowest BCUT2D eigenvalue weighted by Crippen LogP contribution is -2.42. The maximum absolute atomic E-state index is 14.3. The molecule has 0 bridgehead atoms. The minimum absolute atomic E-state index is 0.00322. The van der Waals surface area contributed by atoms with Crippen molar-refractivity contribution in [3.05, 3.63) is 59.8 Å². The normalized spacial score (nSPS) is 23.0. The number of amides is 1. The smallest absolute Gasteiger partial charge is 0.256 e. The Morgan fingerprint density at radius 1 is 1.19 bits per heavy atom. The van der Waals surface area contributed by atoms with E-state index in [0.29, 0.717) is 29.3 Å². The van der Waals surface area contributed by atoms with Gasteiger partial charge in [0.1, 0.15) is 5.82 Å². The highest BCUT2D eigenvalue weighted by atomic mass is 19.1. The molecule has 2 aromatic heterocycles. The molecule has 7 heteroatoms. The van der Waals surface area contributed by atoms with E-state index in [0.717, 1.165) is 49.6 Å². The van der Waals surface area contributed by atoms with Gasteiger partial charge in [-0.25, -0.2) is 4.39 Å². The number of rotatable bonds is 6. The lowest BCUT2D eigenvalue weighted by molar-refractivity contribution is 0.0754. The van der Waals surface area contributed by atoms with Gasteiger partial charge in [-0.2, -0.15) is 0 Å². The molecule has 6 nitrogen and oxygen atoms in total. The molecule has 1 saturated carbocycles. The van der Waals surface area contributed by atoms with Gasteiger partial charge in [-0.1, -0.05) is 0 Å². The van der Waals surface area contributed by atoms with Crippen LogP contribution in [0.2, 0.25) is 0 Å². The lowest BCUT2D eigenvalue weighted by Gasteiger charge is -2.37. The van der Waals surface area contributed by atoms with Crippen LogP contribution in [0.4, 0.5) is 4.39 Å². The van der Waals surface area contributed by atoms with Crippen molar-refractivity contribution in [1.82, 2.24) is 19.4 Å². The number of fused-ring (bicyclic) bond motifs is 1. The Labute approximate surface area is 212 Å². The number of halogens is 1. The molecule has 2 aliphatic rings. The Morgan fingerprint density at radius 2 is 1.97 bits per heavy atom. The number of aliphatic hydroxyl groups excluding tert-OH is 1. The average molecular weight is 493 g/mol. The summed E-state index contributed by atoms with van der Waals surface area (Å²) in [6.07, 6.45) is 12.5. The summed E-state index contributed by atoms with van der Waals surface area (Å²) in [5.41, 5.74) is 3.23. The van der Waals surface area contributed by atoms with Gasteiger partial charge in [0.2, 0.25) is 0 Å². The summed E-state index contributed by atoms with van der Waals surface area (Å²) in [5.74, 6) is -0.202.